The number of nitrogens with zero attached hydrogens (tertiary/aromatic N) is 1. The zero-order valence-corrected chi connectivity index (χ0v) is 12.7. The summed E-state index contributed by atoms with van der Waals surface area (Å²) in [6.07, 6.45) is 7.88. The van der Waals surface area contributed by atoms with Crippen molar-refractivity contribution in [2.75, 3.05) is 19.6 Å². The fraction of sp³-hybridized carbons (Fsp3) is 0.667. The number of piperidine rings is 1. The van der Waals surface area contributed by atoms with Gasteiger partial charge in [-0.05, 0) is 62.4 Å². The first-order chi connectivity index (χ1) is 9.35. The second-order valence-electron chi connectivity index (χ2n) is 5.92. The molecule has 1 aromatic carbocycles. The number of unbranched alkanes of at least 4 members (excludes halogenated alkanes) is 1. The Labute approximate surface area is 119 Å². The molecule has 0 aromatic heterocycles. The Balaban J connectivity index is 1.93. The summed E-state index contributed by atoms with van der Waals surface area (Å²) < 4.78 is 0. The average molecular weight is 259 g/mol. The monoisotopic (exact) mass is 259 g/mol. The van der Waals surface area contributed by atoms with E-state index in [1.807, 2.05) is 0 Å². The van der Waals surface area contributed by atoms with Crippen molar-refractivity contribution in [3.05, 3.63) is 35.4 Å². The highest BCUT2D eigenvalue weighted by molar-refractivity contribution is 5.31. The minimum atomic E-state index is 0.806. The van der Waals surface area contributed by atoms with Crippen LogP contribution in [0.15, 0.2) is 24.3 Å². The minimum Gasteiger partial charge on any atom is -0.303 e. The van der Waals surface area contributed by atoms with Gasteiger partial charge in [0.05, 0.1) is 0 Å². The molecular weight excluding hydrogens is 230 g/mol. The van der Waals surface area contributed by atoms with Crippen LogP contribution in [0.3, 0.4) is 0 Å². The molecule has 1 fully saturated rings. The Hall–Kier alpha value is -0.820. The molecule has 2 rings (SSSR count). The lowest BCUT2D eigenvalue weighted by Gasteiger charge is -2.33. The summed E-state index contributed by atoms with van der Waals surface area (Å²) in [5.41, 5.74) is 3.23. The highest BCUT2D eigenvalue weighted by Crippen LogP contribution is 2.30. The van der Waals surface area contributed by atoms with E-state index in [2.05, 4.69) is 43.0 Å². The predicted octanol–water partition coefficient (Wildman–Crippen LogP) is 4.62. The SMILES string of the molecule is CCCCN1CCC(c2ccccc2CCC)CC1. The Kier molecular flexibility index (Phi) is 5.91. The molecule has 106 valence electrons. The van der Waals surface area contributed by atoms with Crippen molar-refractivity contribution in [3.63, 3.8) is 0 Å². The van der Waals surface area contributed by atoms with Gasteiger partial charge in [0.25, 0.3) is 0 Å². The van der Waals surface area contributed by atoms with Crippen molar-refractivity contribution >= 4 is 0 Å². The van der Waals surface area contributed by atoms with Gasteiger partial charge < -0.3 is 4.90 Å². The summed E-state index contributed by atoms with van der Waals surface area (Å²) in [6, 6.07) is 9.13. The van der Waals surface area contributed by atoms with Crippen LogP contribution in [0.1, 0.15) is 63.0 Å². The molecule has 0 amide bonds. The lowest BCUT2D eigenvalue weighted by atomic mass is 9.85. The summed E-state index contributed by atoms with van der Waals surface area (Å²) in [5.74, 6) is 0.806. The molecule has 0 radical (unpaired) electrons. The van der Waals surface area contributed by atoms with Gasteiger partial charge in [-0.2, -0.15) is 0 Å². The number of rotatable bonds is 6. The molecule has 1 heteroatoms. The Morgan fingerprint density at radius 1 is 1.05 bits per heavy atom. The molecule has 1 aliphatic heterocycles. The highest BCUT2D eigenvalue weighted by Gasteiger charge is 2.21. The van der Waals surface area contributed by atoms with E-state index in [0.717, 1.165) is 5.92 Å². The van der Waals surface area contributed by atoms with Crippen LogP contribution >= 0.6 is 0 Å². The van der Waals surface area contributed by atoms with Crippen LogP contribution in [-0.2, 0) is 6.42 Å². The third-order valence-corrected chi connectivity index (χ3v) is 4.43. The van der Waals surface area contributed by atoms with Crippen molar-refractivity contribution < 1.29 is 0 Å². The Morgan fingerprint density at radius 2 is 1.79 bits per heavy atom. The molecular formula is C18H29N. The minimum absolute atomic E-state index is 0.806. The molecule has 0 N–H and O–H groups in total. The van der Waals surface area contributed by atoms with Crippen LogP contribution in [-0.4, -0.2) is 24.5 Å². The van der Waals surface area contributed by atoms with Crippen LogP contribution < -0.4 is 0 Å². The Bertz CT molecular complexity index is 364. The average Bonchev–Trinajstić information content (AvgIpc) is 2.47. The van der Waals surface area contributed by atoms with E-state index < -0.39 is 0 Å². The summed E-state index contributed by atoms with van der Waals surface area (Å²) in [4.78, 5) is 2.66. The highest BCUT2D eigenvalue weighted by atomic mass is 15.1. The normalized spacial score (nSPS) is 17.8. The first-order valence-electron chi connectivity index (χ1n) is 8.15. The van der Waals surface area contributed by atoms with Crippen LogP contribution in [0.25, 0.3) is 0 Å². The number of hydrogen-bond acceptors (Lipinski definition) is 1. The molecule has 0 unspecified atom stereocenters. The van der Waals surface area contributed by atoms with Crippen molar-refractivity contribution in [2.24, 2.45) is 0 Å². The van der Waals surface area contributed by atoms with Crippen molar-refractivity contribution in [2.45, 2.75) is 58.3 Å². The maximum absolute atomic E-state index is 2.66. The van der Waals surface area contributed by atoms with Crippen LogP contribution in [0, 0.1) is 0 Å². The second kappa shape index (κ2) is 7.69. The lowest BCUT2D eigenvalue weighted by Crippen LogP contribution is -2.33. The molecule has 0 saturated carbocycles. The van der Waals surface area contributed by atoms with Gasteiger partial charge in [0.15, 0.2) is 0 Å². The van der Waals surface area contributed by atoms with E-state index in [9.17, 15) is 0 Å². The first-order valence-corrected chi connectivity index (χ1v) is 8.15. The molecule has 19 heavy (non-hydrogen) atoms. The van der Waals surface area contributed by atoms with Crippen LogP contribution in [0.2, 0.25) is 0 Å². The molecule has 1 aliphatic rings. The van der Waals surface area contributed by atoms with Gasteiger partial charge in [-0.1, -0.05) is 51.0 Å². The summed E-state index contributed by atoms with van der Waals surface area (Å²) in [6.45, 7) is 8.47. The molecule has 1 saturated heterocycles. The van der Waals surface area contributed by atoms with Crippen molar-refractivity contribution in [1.82, 2.24) is 4.90 Å². The van der Waals surface area contributed by atoms with Gasteiger partial charge in [-0.15, -0.1) is 0 Å². The molecule has 1 nitrogen and oxygen atoms in total. The number of benzene rings is 1. The quantitative estimate of drug-likeness (QED) is 0.720. The van der Waals surface area contributed by atoms with Gasteiger partial charge in [0.2, 0.25) is 0 Å². The van der Waals surface area contributed by atoms with E-state index in [1.165, 1.54) is 58.2 Å². The predicted molar refractivity (Wildman–Crippen MR) is 83.8 cm³/mol. The van der Waals surface area contributed by atoms with E-state index in [0.29, 0.717) is 0 Å². The fourth-order valence-corrected chi connectivity index (χ4v) is 3.28. The number of hydrogen-bond donors (Lipinski definition) is 0. The molecule has 0 atom stereocenters. The molecule has 0 spiro atoms. The maximum atomic E-state index is 2.66. The fourth-order valence-electron chi connectivity index (χ4n) is 3.28. The molecule has 1 heterocycles. The van der Waals surface area contributed by atoms with E-state index >= 15 is 0 Å². The van der Waals surface area contributed by atoms with Crippen molar-refractivity contribution in [1.29, 1.82) is 0 Å². The second-order valence-corrected chi connectivity index (χ2v) is 5.92. The standard InChI is InChI=1S/C18H29N/c1-3-5-13-19-14-11-17(12-15-19)18-10-7-6-9-16(18)8-4-2/h6-7,9-10,17H,3-5,8,11-15H2,1-2H3. The van der Waals surface area contributed by atoms with E-state index in [-0.39, 0.29) is 0 Å². The number of likely N-dealkylation sites (tertiary alicyclic amines) is 1. The lowest BCUT2D eigenvalue weighted by molar-refractivity contribution is 0.209. The Morgan fingerprint density at radius 3 is 2.47 bits per heavy atom. The van der Waals surface area contributed by atoms with Gasteiger partial charge in [-0.3, -0.25) is 0 Å². The largest absolute Gasteiger partial charge is 0.303 e. The molecule has 1 aromatic rings. The third-order valence-electron chi connectivity index (χ3n) is 4.43. The smallest absolute Gasteiger partial charge is 0.00129 e. The van der Waals surface area contributed by atoms with Gasteiger partial charge in [-0.25, -0.2) is 0 Å². The zero-order chi connectivity index (χ0) is 13.5. The van der Waals surface area contributed by atoms with Gasteiger partial charge >= 0.3 is 0 Å². The summed E-state index contributed by atoms with van der Waals surface area (Å²) in [5, 5.41) is 0. The molecule has 0 aliphatic carbocycles. The maximum Gasteiger partial charge on any atom is -0.00129 e. The molecule has 0 bridgehead atoms. The van der Waals surface area contributed by atoms with Crippen molar-refractivity contribution in [3.8, 4) is 0 Å². The summed E-state index contributed by atoms with van der Waals surface area (Å²) in [7, 11) is 0. The third kappa shape index (κ3) is 4.07. The first kappa shape index (κ1) is 14.6. The number of aryl methyl sites for hydroxylation is 1. The topological polar surface area (TPSA) is 3.24 Å². The van der Waals surface area contributed by atoms with E-state index in [4.69, 9.17) is 0 Å². The van der Waals surface area contributed by atoms with Crippen LogP contribution in [0.5, 0.6) is 0 Å². The van der Waals surface area contributed by atoms with E-state index in [1.54, 1.807) is 11.1 Å². The summed E-state index contributed by atoms with van der Waals surface area (Å²) >= 11 is 0. The van der Waals surface area contributed by atoms with Crippen LogP contribution in [0.4, 0.5) is 0 Å². The zero-order valence-electron chi connectivity index (χ0n) is 12.7. The van der Waals surface area contributed by atoms with Gasteiger partial charge in [0.1, 0.15) is 0 Å². The van der Waals surface area contributed by atoms with Gasteiger partial charge in [0, 0.05) is 0 Å².